The lowest BCUT2D eigenvalue weighted by Gasteiger charge is -2.40. The van der Waals surface area contributed by atoms with Crippen molar-refractivity contribution in [3.8, 4) is 11.5 Å². The molecule has 30 heavy (non-hydrogen) atoms. The summed E-state index contributed by atoms with van der Waals surface area (Å²) in [6, 6.07) is 5.48. The molecule has 1 heterocycles. The number of nitrogens with one attached hydrogen (secondary N) is 1. The summed E-state index contributed by atoms with van der Waals surface area (Å²) in [4.78, 5) is 26.4. The Balaban J connectivity index is 2.27. The number of esters is 1. The van der Waals surface area contributed by atoms with Gasteiger partial charge in [-0.2, -0.15) is 0 Å². The van der Waals surface area contributed by atoms with E-state index >= 15 is 0 Å². The van der Waals surface area contributed by atoms with Crippen LogP contribution in [0.1, 0.15) is 58.4 Å². The molecule has 0 saturated carbocycles. The van der Waals surface area contributed by atoms with Crippen LogP contribution >= 0.6 is 0 Å². The Morgan fingerprint density at radius 1 is 1.17 bits per heavy atom. The van der Waals surface area contributed by atoms with Gasteiger partial charge in [0, 0.05) is 35.0 Å². The highest BCUT2D eigenvalue weighted by atomic mass is 16.5. The van der Waals surface area contributed by atoms with Crippen LogP contribution in [-0.2, 0) is 14.3 Å². The second kappa shape index (κ2) is 8.54. The van der Waals surface area contributed by atoms with E-state index in [2.05, 4.69) is 19.2 Å². The maximum Gasteiger partial charge on any atom is 0.336 e. The number of ether oxygens (including phenoxy) is 3. The zero-order chi connectivity index (χ0) is 22.1. The third kappa shape index (κ3) is 3.95. The van der Waals surface area contributed by atoms with Crippen LogP contribution in [0.4, 0.5) is 0 Å². The van der Waals surface area contributed by atoms with Crippen LogP contribution in [0.25, 0.3) is 0 Å². The summed E-state index contributed by atoms with van der Waals surface area (Å²) in [7, 11) is 3.17. The van der Waals surface area contributed by atoms with Crippen LogP contribution in [-0.4, -0.2) is 32.6 Å². The molecule has 3 rings (SSSR count). The Hall–Kier alpha value is -2.76. The number of carbonyl (C=O) groups excluding carboxylic acids is 2. The molecule has 2 aliphatic rings. The minimum Gasteiger partial charge on any atom is -0.497 e. The number of Topliss-reactive ketones (excluding diaryl/α,β-unsaturated/α-hetero) is 1. The largest absolute Gasteiger partial charge is 0.497 e. The quantitative estimate of drug-likeness (QED) is 0.703. The second-order valence-electron chi connectivity index (χ2n) is 8.47. The summed E-state index contributed by atoms with van der Waals surface area (Å²) < 4.78 is 16.4. The van der Waals surface area contributed by atoms with Gasteiger partial charge in [0.15, 0.2) is 5.78 Å². The molecule has 0 radical (unpaired) electrons. The van der Waals surface area contributed by atoms with Gasteiger partial charge in [0.05, 0.1) is 32.3 Å². The van der Waals surface area contributed by atoms with Gasteiger partial charge in [-0.3, -0.25) is 4.79 Å². The molecule has 0 saturated heterocycles. The summed E-state index contributed by atoms with van der Waals surface area (Å²) in [5.74, 6) is 0.317. The number of allylic oxidation sites excluding steroid dienone is 3. The minimum absolute atomic E-state index is 0.0496. The van der Waals surface area contributed by atoms with E-state index in [0.29, 0.717) is 35.5 Å². The maximum absolute atomic E-state index is 13.3. The summed E-state index contributed by atoms with van der Waals surface area (Å²) in [5, 5.41) is 3.41. The van der Waals surface area contributed by atoms with Gasteiger partial charge in [-0.1, -0.05) is 26.8 Å². The van der Waals surface area contributed by atoms with E-state index in [1.165, 1.54) is 0 Å². The average molecular weight is 414 g/mol. The molecule has 6 heteroatoms. The normalized spacial score (nSPS) is 20.5. The van der Waals surface area contributed by atoms with Gasteiger partial charge < -0.3 is 19.5 Å². The van der Waals surface area contributed by atoms with Crippen molar-refractivity contribution in [3.05, 3.63) is 46.3 Å². The standard InChI is InChI=1S/C24H31NO5/c1-7-16-22(23(27)30-8-2)20(15-10-9-14(28-5)11-19(15)29-6)21-17(25-16)12-24(3,4)13-18(21)26/h9-11,20,25H,7-8,12-13H2,1-6H3. The van der Waals surface area contributed by atoms with Gasteiger partial charge >= 0.3 is 5.97 Å². The Morgan fingerprint density at radius 3 is 2.50 bits per heavy atom. The number of hydrogen-bond donors (Lipinski definition) is 1. The second-order valence-corrected chi connectivity index (χ2v) is 8.47. The SMILES string of the molecule is CCOC(=O)C1=C(CC)NC2=C(C(=O)CC(C)(C)C2)C1c1ccc(OC)cc1OC. The molecular formula is C24H31NO5. The molecule has 1 unspecified atom stereocenters. The van der Waals surface area contributed by atoms with Crippen molar-refractivity contribution in [2.24, 2.45) is 5.41 Å². The Morgan fingerprint density at radius 2 is 1.90 bits per heavy atom. The number of methoxy groups -OCH3 is 2. The molecule has 162 valence electrons. The number of dihydropyridines is 1. The highest BCUT2D eigenvalue weighted by Crippen LogP contribution is 2.49. The summed E-state index contributed by atoms with van der Waals surface area (Å²) >= 11 is 0. The van der Waals surface area contributed by atoms with Crippen LogP contribution in [0.5, 0.6) is 11.5 Å². The highest BCUT2D eigenvalue weighted by molar-refractivity contribution is 6.04. The van der Waals surface area contributed by atoms with E-state index in [0.717, 1.165) is 23.4 Å². The molecule has 1 N–H and O–H groups in total. The van der Waals surface area contributed by atoms with E-state index in [9.17, 15) is 9.59 Å². The smallest absolute Gasteiger partial charge is 0.336 e. The van der Waals surface area contributed by atoms with Gasteiger partial charge in [-0.05, 0) is 31.2 Å². The first-order valence-electron chi connectivity index (χ1n) is 10.4. The zero-order valence-corrected chi connectivity index (χ0v) is 18.7. The predicted molar refractivity (Wildman–Crippen MR) is 114 cm³/mol. The van der Waals surface area contributed by atoms with Crippen molar-refractivity contribution in [3.63, 3.8) is 0 Å². The van der Waals surface area contributed by atoms with Crippen molar-refractivity contribution in [1.29, 1.82) is 0 Å². The summed E-state index contributed by atoms with van der Waals surface area (Å²) in [5.41, 5.74) is 3.42. The summed E-state index contributed by atoms with van der Waals surface area (Å²) in [6.07, 6.45) is 1.79. The van der Waals surface area contributed by atoms with Gasteiger partial charge in [0.25, 0.3) is 0 Å². The molecule has 1 aliphatic heterocycles. The highest BCUT2D eigenvalue weighted by Gasteiger charge is 2.44. The number of rotatable bonds is 6. The van der Waals surface area contributed by atoms with Gasteiger partial charge in [-0.25, -0.2) is 4.79 Å². The molecular weight excluding hydrogens is 382 g/mol. The molecule has 1 aromatic rings. The predicted octanol–water partition coefficient (Wildman–Crippen LogP) is 4.26. The van der Waals surface area contributed by atoms with Crippen LogP contribution in [0, 0.1) is 5.41 Å². The first-order chi connectivity index (χ1) is 14.3. The fourth-order valence-corrected chi connectivity index (χ4v) is 4.45. The van der Waals surface area contributed by atoms with E-state index in [1.807, 2.05) is 19.1 Å². The van der Waals surface area contributed by atoms with Crippen molar-refractivity contribution in [2.45, 2.75) is 52.9 Å². The lowest BCUT2D eigenvalue weighted by Crippen LogP contribution is -2.39. The van der Waals surface area contributed by atoms with Gasteiger partial charge in [0.2, 0.25) is 0 Å². The van der Waals surface area contributed by atoms with Crippen LogP contribution in [0.15, 0.2) is 40.7 Å². The van der Waals surface area contributed by atoms with Crippen LogP contribution in [0.3, 0.4) is 0 Å². The third-order valence-electron chi connectivity index (χ3n) is 5.72. The molecule has 6 nitrogen and oxygen atoms in total. The monoisotopic (exact) mass is 413 g/mol. The Bertz CT molecular complexity index is 926. The molecule has 0 bridgehead atoms. The third-order valence-corrected chi connectivity index (χ3v) is 5.72. The first kappa shape index (κ1) is 21.9. The molecule has 0 amide bonds. The zero-order valence-electron chi connectivity index (χ0n) is 18.7. The van der Waals surface area contributed by atoms with E-state index in [1.54, 1.807) is 27.2 Å². The molecule has 1 aliphatic carbocycles. The number of hydrogen-bond acceptors (Lipinski definition) is 6. The molecule has 0 spiro atoms. The summed E-state index contributed by atoms with van der Waals surface area (Å²) in [6.45, 7) is 8.22. The van der Waals surface area contributed by atoms with E-state index in [4.69, 9.17) is 14.2 Å². The molecule has 0 fully saturated rings. The Labute approximate surface area is 178 Å². The average Bonchev–Trinajstić information content (AvgIpc) is 2.70. The first-order valence-corrected chi connectivity index (χ1v) is 10.4. The number of ketones is 1. The number of benzene rings is 1. The lowest BCUT2D eigenvalue weighted by molar-refractivity contribution is -0.138. The topological polar surface area (TPSA) is 73.9 Å². The van der Waals surface area contributed by atoms with Crippen molar-refractivity contribution in [1.82, 2.24) is 5.32 Å². The molecule has 1 aromatic carbocycles. The van der Waals surface area contributed by atoms with E-state index in [-0.39, 0.29) is 17.8 Å². The van der Waals surface area contributed by atoms with Crippen molar-refractivity contribution < 1.29 is 23.8 Å². The Kier molecular flexibility index (Phi) is 6.25. The fourth-order valence-electron chi connectivity index (χ4n) is 4.45. The minimum atomic E-state index is -0.542. The van der Waals surface area contributed by atoms with E-state index < -0.39 is 11.9 Å². The van der Waals surface area contributed by atoms with Crippen molar-refractivity contribution in [2.75, 3.05) is 20.8 Å². The lowest BCUT2D eigenvalue weighted by atomic mass is 9.68. The van der Waals surface area contributed by atoms with Gasteiger partial charge in [-0.15, -0.1) is 0 Å². The maximum atomic E-state index is 13.3. The molecule has 1 atom stereocenters. The fraction of sp³-hybridized carbons (Fsp3) is 0.500. The number of carbonyl (C=O) groups is 2. The van der Waals surface area contributed by atoms with Crippen LogP contribution < -0.4 is 14.8 Å². The van der Waals surface area contributed by atoms with Crippen molar-refractivity contribution >= 4 is 11.8 Å². The molecule has 0 aromatic heterocycles. The van der Waals surface area contributed by atoms with Crippen LogP contribution in [0.2, 0.25) is 0 Å². The van der Waals surface area contributed by atoms with Gasteiger partial charge in [0.1, 0.15) is 11.5 Å².